The van der Waals surface area contributed by atoms with Crippen LogP contribution in [0.25, 0.3) is 16.8 Å². The van der Waals surface area contributed by atoms with Gasteiger partial charge in [-0.05, 0) is 53.0 Å². The van der Waals surface area contributed by atoms with Crippen molar-refractivity contribution in [3.63, 3.8) is 0 Å². The number of nitrogens with zero attached hydrogens (tertiary/aromatic N) is 2. The van der Waals surface area contributed by atoms with Gasteiger partial charge in [0.25, 0.3) is 0 Å². The molecular weight excluding hydrogens is 290 g/mol. The fraction of sp³-hybridized carbons (Fsp3) is 0.278. The van der Waals surface area contributed by atoms with Crippen LogP contribution in [0.4, 0.5) is 5.82 Å². The highest BCUT2D eigenvalue weighted by Gasteiger charge is 2.05. The molecule has 2 rings (SSSR count). The second-order valence-electron chi connectivity index (χ2n) is 5.03. The molecule has 116 valence electrons. The lowest BCUT2D eigenvalue weighted by Crippen LogP contribution is -2.16. The Kier molecular flexibility index (Phi) is 5.90. The Morgan fingerprint density at radius 3 is 2.73 bits per heavy atom. The maximum atomic E-state index is 6.15. The fourth-order valence-electron chi connectivity index (χ4n) is 2.09. The van der Waals surface area contributed by atoms with Crippen molar-refractivity contribution in [2.45, 2.75) is 13.8 Å². The highest BCUT2D eigenvalue weighted by atomic mass is 32.2. The van der Waals surface area contributed by atoms with E-state index in [4.69, 9.17) is 5.73 Å². The van der Waals surface area contributed by atoms with E-state index in [0.717, 1.165) is 40.5 Å². The summed E-state index contributed by atoms with van der Waals surface area (Å²) in [5.41, 5.74) is 10.3. The van der Waals surface area contributed by atoms with Gasteiger partial charge in [0.1, 0.15) is 5.82 Å². The molecule has 22 heavy (non-hydrogen) atoms. The van der Waals surface area contributed by atoms with Gasteiger partial charge in [0.15, 0.2) is 0 Å². The number of pyridine rings is 1. The monoisotopic (exact) mass is 313 g/mol. The lowest BCUT2D eigenvalue weighted by Gasteiger charge is -2.16. The topological polar surface area (TPSA) is 42.1 Å². The summed E-state index contributed by atoms with van der Waals surface area (Å²) in [6.07, 6.45) is 1.86. The van der Waals surface area contributed by atoms with Crippen LogP contribution < -0.4 is 10.6 Å². The van der Waals surface area contributed by atoms with E-state index < -0.39 is 0 Å². The zero-order valence-electron chi connectivity index (χ0n) is 13.4. The third-order valence-corrected chi connectivity index (χ3v) is 4.27. The van der Waals surface area contributed by atoms with Crippen LogP contribution in [0, 0.1) is 0 Å². The SMILES string of the molecule is CCS/C=C(\N)c1cccc(-c2ccnc(N(C)CC)c2)c1. The fourth-order valence-corrected chi connectivity index (χ4v) is 2.57. The molecule has 0 aliphatic heterocycles. The largest absolute Gasteiger partial charge is 0.398 e. The van der Waals surface area contributed by atoms with Crippen molar-refractivity contribution in [2.75, 3.05) is 24.2 Å². The van der Waals surface area contributed by atoms with E-state index >= 15 is 0 Å². The van der Waals surface area contributed by atoms with Gasteiger partial charge >= 0.3 is 0 Å². The smallest absolute Gasteiger partial charge is 0.128 e. The molecule has 4 heteroatoms. The predicted molar refractivity (Wildman–Crippen MR) is 98.9 cm³/mol. The van der Waals surface area contributed by atoms with Crippen LogP contribution in [0.3, 0.4) is 0 Å². The summed E-state index contributed by atoms with van der Waals surface area (Å²) < 4.78 is 0. The van der Waals surface area contributed by atoms with Crippen LogP contribution in [0.1, 0.15) is 19.4 Å². The summed E-state index contributed by atoms with van der Waals surface area (Å²) in [6, 6.07) is 12.5. The second-order valence-corrected chi connectivity index (χ2v) is 6.17. The van der Waals surface area contributed by atoms with Crippen LogP contribution in [0.5, 0.6) is 0 Å². The maximum absolute atomic E-state index is 6.15. The Bertz CT molecular complexity index is 652. The molecule has 0 saturated heterocycles. The summed E-state index contributed by atoms with van der Waals surface area (Å²) in [6.45, 7) is 5.17. The number of aromatic nitrogens is 1. The number of nitrogens with two attached hydrogens (primary N) is 1. The molecule has 0 aliphatic carbocycles. The molecule has 0 bridgehead atoms. The van der Waals surface area contributed by atoms with Gasteiger partial charge in [0.05, 0.1) is 0 Å². The molecule has 1 heterocycles. The normalized spacial score (nSPS) is 11.5. The van der Waals surface area contributed by atoms with Crippen molar-refractivity contribution in [2.24, 2.45) is 5.73 Å². The van der Waals surface area contributed by atoms with Gasteiger partial charge in [0, 0.05) is 25.5 Å². The average molecular weight is 313 g/mol. The zero-order chi connectivity index (χ0) is 15.9. The van der Waals surface area contributed by atoms with E-state index in [9.17, 15) is 0 Å². The van der Waals surface area contributed by atoms with Gasteiger partial charge in [-0.25, -0.2) is 4.98 Å². The minimum Gasteiger partial charge on any atom is -0.398 e. The van der Waals surface area contributed by atoms with Gasteiger partial charge in [-0.3, -0.25) is 0 Å². The maximum Gasteiger partial charge on any atom is 0.128 e. The van der Waals surface area contributed by atoms with Gasteiger partial charge in [-0.15, -0.1) is 11.8 Å². The first-order valence-electron chi connectivity index (χ1n) is 7.51. The number of rotatable bonds is 6. The number of hydrogen-bond acceptors (Lipinski definition) is 4. The quantitative estimate of drug-likeness (QED) is 0.867. The molecule has 0 radical (unpaired) electrons. The summed E-state index contributed by atoms with van der Waals surface area (Å²) >= 11 is 1.72. The van der Waals surface area contributed by atoms with Crippen LogP contribution in [0.2, 0.25) is 0 Å². The van der Waals surface area contributed by atoms with Crippen molar-refractivity contribution in [1.82, 2.24) is 4.98 Å². The molecule has 1 aromatic carbocycles. The van der Waals surface area contributed by atoms with Gasteiger partial charge < -0.3 is 10.6 Å². The van der Waals surface area contributed by atoms with Gasteiger partial charge in [-0.1, -0.05) is 25.1 Å². The van der Waals surface area contributed by atoms with Crippen molar-refractivity contribution in [3.8, 4) is 11.1 Å². The van der Waals surface area contributed by atoms with E-state index in [-0.39, 0.29) is 0 Å². The van der Waals surface area contributed by atoms with E-state index in [1.165, 1.54) is 0 Å². The van der Waals surface area contributed by atoms with Crippen molar-refractivity contribution in [1.29, 1.82) is 0 Å². The van der Waals surface area contributed by atoms with Crippen molar-refractivity contribution >= 4 is 23.3 Å². The zero-order valence-corrected chi connectivity index (χ0v) is 14.2. The van der Waals surface area contributed by atoms with Crippen molar-refractivity contribution in [3.05, 3.63) is 53.6 Å². The Labute approximate surface area is 137 Å². The Balaban J connectivity index is 2.34. The van der Waals surface area contributed by atoms with E-state index in [2.05, 4.69) is 41.9 Å². The standard InChI is InChI=1S/C18H23N3S/c1-4-21(3)18-12-15(9-10-20-18)14-7-6-8-16(11-14)17(19)13-22-5-2/h6-13H,4-5,19H2,1-3H3/b17-13-. The molecule has 0 unspecified atom stereocenters. The molecule has 0 aliphatic rings. The van der Waals surface area contributed by atoms with Crippen LogP contribution in [-0.2, 0) is 0 Å². The Morgan fingerprint density at radius 2 is 2.00 bits per heavy atom. The minimum atomic E-state index is 0.814. The molecule has 3 nitrogen and oxygen atoms in total. The molecule has 1 aromatic heterocycles. The van der Waals surface area contributed by atoms with Crippen LogP contribution in [0.15, 0.2) is 48.0 Å². The van der Waals surface area contributed by atoms with E-state index in [0.29, 0.717) is 0 Å². The van der Waals surface area contributed by atoms with E-state index in [1.54, 1.807) is 11.8 Å². The van der Waals surface area contributed by atoms with Crippen molar-refractivity contribution < 1.29 is 0 Å². The highest BCUT2D eigenvalue weighted by molar-refractivity contribution is 8.02. The summed E-state index contributed by atoms with van der Waals surface area (Å²) in [5.74, 6) is 2.01. The highest BCUT2D eigenvalue weighted by Crippen LogP contribution is 2.25. The van der Waals surface area contributed by atoms with Crippen LogP contribution >= 0.6 is 11.8 Å². The first-order valence-corrected chi connectivity index (χ1v) is 8.55. The molecular formula is C18H23N3S. The predicted octanol–water partition coefficient (Wildman–Crippen LogP) is 4.21. The third-order valence-electron chi connectivity index (χ3n) is 3.52. The number of thioether (sulfide) groups is 1. The molecule has 0 spiro atoms. The van der Waals surface area contributed by atoms with Crippen LogP contribution in [-0.4, -0.2) is 24.3 Å². The molecule has 0 amide bonds. The first-order chi connectivity index (χ1) is 10.7. The lowest BCUT2D eigenvalue weighted by molar-refractivity contribution is 0.939. The average Bonchev–Trinajstić information content (AvgIpc) is 2.59. The lowest BCUT2D eigenvalue weighted by atomic mass is 10.0. The molecule has 0 saturated carbocycles. The first kappa shape index (κ1) is 16.4. The molecule has 2 N–H and O–H groups in total. The second kappa shape index (κ2) is 7.90. The third kappa shape index (κ3) is 4.04. The number of anilines is 1. The van der Waals surface area contributed by atoms with Gasteiger partial charge in [-0.2, -0.15) is 0 Å². The Hall–Kier alpha value is -1.94. The summed E-state index contributed by atoms with van der Waals surface area (Å²) in [5, 5.41) is 2.02. The summed E-state index contributed by atoms with van der Waals surface area (Å²) in [4.78, 5) is 6.54. The molecule has 0 fully saturated rings. The molecule has 0 atom stereocenters. The summed E-state index contributed by atoms with van der Waals surface area (Å²) in [7, 11) is 2.05. The minimum absolute atomic E-state index is 0.814. The number of benzene rings is 1. The Morgan fingerprint density at radius 1 is 1.23 bits per heavy atom. The number of hydrogen-bond donors (Lipinski definition) is 1. The van der Waals surface area contributed by atoms with Gasteiger partial charge in [0.2, 0.25) is 0 Å². The van der Waals surface area contributed by atoms with E-state index in [1.807, 2.05) is 36.9 Å². The molecule has 2 aromatic rings.